The molecule has 0 N–H and O–H groups in total. The molecule has 0 amide bonds. The van der Waals surface area contributed by atoms with Gasteiger partial charge in [-0.3, -0.25) is 0 Å². The van der Waals surface area contributed by atoms with Crippen molar-refractivity contribution in [3.05, 3.63) is 86.4 Å². The molecule has 44 heavy (non-hydrogen) atoms. The summed E-state index contributed by atoms with van der Waals surface area (Å²) < 4.78 is 16.8. The van der Waals surface area contributed by atoms with Gasteiger partial charge in [0.05, 0.1) is 31.2 Å². The molecule has 0 spiro atoms. The summed E-state index contributed by atoms with van der Waals surface area (Å²) >= 11 is 12.0. The van der Waals surface area contributed by atoms with Crippen molar-refractivity contribution < 1.29 is 9.47 Å². The first-order valence-electron chi connectivity index (χ1n) is 15.7. The highest BCUT2D eigenvalue weighted by atomic mass is 32.2. The lowest BCUT2D eigenvalue weighted by Crippen LogP contribution is -1.96. The maximum atomic E-state index is 5.56. The van der Waals surface area contributed by atoms with Crippen LogP contribution in [0.1, 0.15) is 89.2 Å². The van der Waals surface area contributed by atoms with Crippen molar-refractivity contribution in [3.8, 4) is 11.5 Å². The monoisotopic (exact) mass is 700 g/mol. The van der Waals surface area contributed by atoms with Gasteiger partial charge in [0, 0.05) is 21.0 Å². The Morgan fingerprint density at radius 2 is 0.773 bits per heavy atom. The van der Waals surface area contributed by atoms with Crippen LogP contribution in [-0.2, 0) is 0 Å². The molecule has 0 unspecified atom stereocenters. The van der Waals surface area contributed by atoms with Crippen molar-refractivity contribution in [3.63, 3.8) is 0 Å². The second kappa shape index (κ2) is 17.9. The fourth-order valence-corrected chi connectivity index (χ4v) is 14.0. The van der Waals surface area contributed by atoms with Gasteiger partial charge in [0.1, 0.15) is 11.5 Å². The first-order valence-corrected chi connectivity index (χ1v) is 21.0. The molecule has 8 heteroatoms. The second-order valence-electron chi connectivity index (χ2n) is 11.1. The molecule has 2 nitrogen and oxygen atoms in total. The molecule has 4 bridgehead atoms. The number of rotatable bonds is 4. The van der Waals surface area contributed by atoms with Gasteiger partial charge in [-0.05, 0) is 73.6 Å². The topological polar surface area (TPSA) is 18.5 Å². The highest BCUT2D eigenvalue weighted by Crippen LogP contribution is 2.62. The highest BCUT2D eigenvalue weighted by Gasteiger charge is 2.30. The van der Waals surface area contributed by atoms with Crippen LogP contribution in [0.4, 0.5) is 0 Å². The molecule has 0 saturated carbocycles. The Bertz CT molecular complexity index is 1280. The maximum absolute atomic E-state index is 5.56. The smallest absolute Gasteiger partial charge is 0.118 e. The lowest BCUT2D eigenvalue weighted by atomic mass is 9.94. The number of methoxy groups -OCH3 is 2. The van der Waals surface area contributed by atoms with Crippen LogP contribution >= 0.6 is 70.6 Å². The largest absolute Gasteiger partial charge is 0.497 e. The molecule has 0 aromatic heterocycles. The van der Waals surface area contributed by atoms with Gasteiger partial charge < -0.3 is 9.47 Å². The molecule has 0 radical (unpaired) electrons. The number of ether oxygens (including phenoxy) is 2. The van der Waals surface area contributed by atoms with Gasteiger partial charge in [-0.15, -0.1) is 23.5 Å². The van der Waals surface area contributed by atoms with Crippen molar-refractivity contribution in [1.82, 2.24) is 0 Å². The van der Waals surface area contributed by atoms with Gasteiger partial charge >= 0.3 is 0 Å². The minimum absolute atomic E-state index is 0.884. The minimum Gasteiger partial charge on any atom is -0.497 e. The third-order valence-corrected chi connectivity index (χ3v) is 16.3. The Labute approximate surface area is 290 Å². The van der Waals surface area contributed by atoms with Gasteiger partial charge in [0.25, 0.3) is 0 Å². The molecule has 0 atom stereocenters. The molecule has 236 valence electrons. The van der Waals surface area contributed by atoms with Gasteiger partial charge in [-0.25, -0.2) is 0 Å². The highest BCUT2D eigenvalue weighted by molar-refractivity contribution is 8.36. The van der Waals surface area contributed by atoms with Gasteiger partial charge in [0.15, 0.2) is 0 Å². The average Bonchev–Trinajstić information content (AvgIpc) is 3.60. The van der Waals surface area contributed by atoms with Crippen LogP contribution in [0, 0.1) is 0 Å². The van der Waals surface area contributed by atoms with Crippen LogP contribution in [0.25, 0.3) is 11.1 Å². The SMILES string of the molecule is COc1ccc(C2=C3\SC(C)=C(SCCCCCCCCCCCCSC4=C(C)S/C(=C\2c2ccc(OC)cc2)S4)S3)cc1. The predicted molar refractivity (Wildman–Crippen MR) is 207 cm³/mol. The Morgan fingerprint density at radius 3 is 1.11 bits per heavy atom. The van der Waals surface area contributed by atoms with Crippen molar-refractivity contribution >= 4 is 81.7 Å². The van der Waals surface area contributed by atoms with E-state index in [9.17, 15) is 0 Å². The van der Waals surface area contributed by atoms with E-state index in [0.717, 1.165) is 11.5 Å². The van der Waals surface area contributed by atoms with Crippen LogP contribution in [0.2, 0.25) is 0 Å². The number of allylic oxidation sites excluding steroid dienone is 4. The van der Waals surface area contributed by atoms with E-state index < -0.39 is 0 Å². The quantitative estimate of drug-likeness (QED) is 0.310. The Morgan fingerprint density at radius 1 is 0.432 bits per heavy atom. The molecule has 5 rings (SSSR count). The van der Waals surface area contributed by atoms with Crippen molar-refractivity contribution in [2.24, 2.45) is 0 Å². The Balaban J connectivity index is 1.56. The number of benzene rings is 2. The molecule has 2 aromatic carbocycles. The van der Waals surface area contributed by atoms with Crippen LogP contribution in [0.5, 0.6) is 11.5 Å². The normalized spacial score (nSPS) is 23.4. The van der Waals surface area contributed by atoms with Crippen LogP contribution in [-0.4, -0.2) is 25.7 Å². The third kappa shape index (κ3) is 9.34. The van der Waals surface area contributed by atoms with Crippen molar-refractivity contribution in [2.45, 2.75) is 78.1 Å². The van der Waals surface area contributed by atoms with E-state index in [1.165, 1.54) is 125 Å². The van der Waals surface area contributed by atoms with Crippen LogP contribution in [0.3, 0.4) is 0 Å². The summed E-state index contributed by atoms with van der Waals surface area (Å²) in [7, 11) is 3.48. The van der Waals surface area contributed by atoms with Crippen molar-refractivity contribution in [1.29, 1.82) is 0 Å². The summed E-state index contributed by atoms with van der Waals surface area (Å²) in [4.78, 5) is 2.85. The zero-order chi connectivity index (χ0) is 30.7. The molecular formula is C36H44O2S6. The summed E-state index contributed by atoms with van der Waals surface area (Å²) in [5.74, 6) is 4.17. The second-order valence-corrected chi connectivity index (χ2v) is 18.8. The molecule has 3 aliphatic rings. The van der Waals surface area contributed by atoms with E-state index in [0.29, 0.717) is 0 Å². The Kier molecular flexibility index (Phi) is 14.0. The molecule has 3 aliphatic heterocycles. The molecule has 0 saturated heterocycles. The van der Waals surface area contributed by atoms with E-state index in [1.807, 2.05) is 47.0 Å². The lowest BCUT2D eigenvalue weighted by molar-refractivity contribution is 0.414. The van der Waals surface area contributed by atoms with E-state index in [1.54, 1.807) is 14.2 Å². The van der Waals surface area contributed by atoms with E-state index >= 15 is 0 Å². The zero-order valence-electron chi connectivity index (χ0n) is 26.4. The van der Waals surface area contributed by atoms with E-state index in [4.69, 9.17) is 9.47 Å². The Hall–Kier alpha value is -0.900. The van der Waals surface area contributed by atoms with Crippen LogP contribution < -0.4 is 9.47 Å². The average molecular weight is 701 g/mol. The minimum atomic E-state index is 0.884. The first-order chi connectivity index (χ1) is 21.6. The summed E-state index contributed by atoms with van der Waals surface area (Å²) in [6, 6.07) is 17.3. The molecular weight excluding hydrogens is 657 g/mol. The summed E-state index contributed by atoms with van der Waals surface area (Å²) in [6.07, 6.45) is 13.7. The number of thioether (sulfide) groups is 6. The number of hydrogen-bond donors (Lipinski definition) is 0. The maximum Gasteiger partial charge on any atom is 0.118 e. The van der Waals surface area contributed by atoms with E-state index in [-0.39, 0.29) is 0 Å². The summed E-state index contributed by atoms with van der Waals surface area (Å²) in [5, 5.41) is 0. The third-order valence-electron chi connectivity index (χ3n) is 7.86. The summed E-state index contributed by atoms with van der Waals surface area (Å²) in [5.41, 5.74) is 5.10. The number of fused-ring (bicyclic) bond motifs is 4. The van der Waals surface area contributed by atoms with Gasteiger partial charge in [-0.2, -0.15) is 0 Å². The molecule has 0 aliphatic carbocycles. The fourth-order valence-electron chi connectivity index (χ4n) is 5.37. The summed E-state index contributed by atoms with van der Waals surface area (Å²) in [6.45, 7) is 4.61. The van der Waals surface area contributed by atoms with Gasteiger partial charge in [-0.1, -0.05) is 123 Å². The van der Waals surface area contributed by atoms with E-state index in [2.05, 4.69) is 85.9 Å². The standard InChI is InChI=1S/C36H44O2S6/c1-25-33-39-23-13-11-9-7-5-6-8-10-12-14-24-40-34-26(2)42-36(44-34)32(28-17-21-30(38-4)22-18-28)31(35(41-25)43-33)27-15-19-29(37-3)20-16-27/h15-22H,5-14,23-24H2,1-4H3/b35-31-,36-32+. The lowest BCUT2D eigenvalue weighted by Gasteiger charge is -2.19. The fraction of sp³-hybridized carbons (Fsp3) is 0.444. The first kappa shape index (κ1) is 34.4. The zero-order valence-corrected chi connectivity index (χ0v) is 31.3. The predicted octanol–water partition coefficient (Wildman–Crippen LogP) is 13.5. The number of hydrogen-bond acceptors (Lipinski definition) is 8. The molecule has 2 aromatic rings. The van der Waals surface area contributed by atoms with Crippen molar-refractivity contribution in [2.75, 3.05) is 25.7 Å². The molecule has 0 fully saturated rings. The molecule has 3 heterocycles. The van der Waals surface area contributed by atoms with Crippen LogP contribution in [0.15, 0.2) is 75.3 Å². The van der Waals surface area contributed by atoms with Gasteiger partial charge in [0.2, 0.25) is 0 Å².